The van der Waals surface area contributed by atoms with Crippen molar-refractivity contribution in [2.45, 2.75) is 17.9 Å². The maximum Gasteiger partial charge on any atom is 0.344 e. The molecule has 190 valence electrons. The molecule has 14 nitrogen and oxygen atoms in total. The number of benzene rings is 2. The molecule has 35 heavy (non-hydrogen) atoms. The van der Waals surface area contributed by atoms with E-state index < -0.39 is 48.2 Å². The van der Waals surface area contributed by atoms with E-state index in [9.17, 15) is 14.4 Å². The second-order valence-corrected chi connectivity index (χ2v) is 7.53. The van der Waals surface area contributed by atoms with Gasteiger partial charge in [0.15, 0.2) is 0 Å². The maximum atomic E-state index is 12.2. The van der Waals surface area contributed by atoms with Crippen molar-refractivity contribution < 1.29 is 59.1 Å². The molecule has 1 atom stereocenters. The topological polar surface area (TPSA) is 185 Å². The number of carbonyl (C=O) groups excluding carboxylic acids is 3. The monoisotopic (exact) mass is 514 g/mol. The van der Waals surface area contributed by atoms with Crippen molar-refractivity contribution in [1.29, 1.82) is 0 Å². The highest BCUT2D eigenvalue weighted by Gasteiger charge is 2.18. The highest BCUT2D eigenvalue weighted by atomic mass is 32.2. The Morgan fingerprint density at radius 2 is 1.57 bits per heavy atom. The lowest BCUT2D eigenvalue weighted by Crippen LogP contribution is -2.32. The Bertz CT molecular complexity index is 986. The third-order valence-corrected chi connectivity index (χ3v) is 5.03. The van der Waals surface area contributed by atoms with Gasteiger partial charge in [0, 0.05) is 17.6 Å². The van der Waals surface area contributed by atoms with Crippen LogP contribution in [0.5, 0.6) is 5.75 Å². The molecule has 0 aliphatic carbocycles. The van der Waals surface area contributed by atoms with Crippen LogP contribution in [-0.2, 0) is 23.9 Å². The van der Waals surface area contributed by atoms with Gasteiger partial charge in [0.2, 0.25) is 6.79 Å². The summed E-state index contributed by atoms with van der Waals surface area (Å²) >= 11 is 1.17. The molecule has 1 unspecified atom stereocenters. The summed E-state index contributed by atoms with van der Waals surface area (Å²) in [7, 11) is 0. The Morgan fingerprint density at radius 1 is 0.914 bits per heavy atom. The smallest absolute Gasteiger partial charge is 0.344 e. The summed E-state index contributed by atoms with van der Waals surface area (Å²) in [6.07, 6.45) is -0.984. The molecule has 0 saturated heterocycles. The van der Waals surface area contributed by atoms with Crippen molar-refractivity contribution in [3.63, 3.8) is 0 Å². The number of carbonyl (C=O) groups is 3. The first-order valence-electron chi connectivity index (χ1n) is 9.65. The maximum absolute atomic E-state index is 12.2. The van der Waals surface area contributed by atoms with E-state index in [0.717, 1.165) is 0 Å². The Labute approximate surface area is 202 Å². The summed E-state index contributed by atoms with van der Waals surface area (Å²) in [5.74, 6) is -2.11. The lowest BCUT2D eigenvalue weighted by molar-refractivity contribution is -0.525. The minimum Gasteiger partial charge on any atom is -0.426 e. The average molecular weight is 514 g/mol. The van der Waals surface area contributed by atoms with Crippen molar-refractivity contribution in [2.24, 2.45) is 0 Å². The van der Waals surface area contributed by atoms with Crippen LogP contribution in [0.2, 0.25) is 0 Å². The summed E-state index contributed by atoms with van der Waals surface area (Å²) in [4.78, 5) is 45.2. The predicted octanol–water partition coefficient (Wildman–Crippen LogP) is 2.07. The molecule has 2 aromatic rings. The molecule has 0 spiro atoms. The molecule has 0 heterocycles. The molecule has 0 amide bonds. The number of thioether (sulfide) groups is 1. The summed E-state index contributed by atoms with van der Waals surface area (Å²) in [6.45, 7) is 0.0893. The van der Waals surface area contributed by atoms with E-state index in [1.807, 2.05) is 0 Å². The molecule has 2 rings (SSSR count). The van der Waals surface area contributed by atoms with E-state index in [2.05, 4.69) is 9.68 Å². The molecule has 0 aromatic heterocycles. The van der Waals surface area contributed by atoms with E-state index in [1.54, 1.807) is 24.3 Å². The zero-order valence-electron chi connectivity index (χ0n) is 18.2. The van der Waals surface area contributed by atoms with Gasteiger partial charge in [-0.1, -0.05) is 12.1 Å². The van der Waals surface area contributed by atoms with Crippen LogP contribution < -0.4 is 4.74 Å². The van der Waals surface area contributed by atoms with Crippen molar-refractivity contribution in [1.82, 2.24) is 10.8 Å². The fourth-order valence-electron chi connectivity index (χ4n) is 2.45. The van der Waals surface area contributed by atoms with Gasteiger partial charge in [-0.3, -0.25) is 25.6 Å². The summed E-state index contributed by atoms with van der Waals surface area (Å²) in [6, 6.07) is 12.0. The van der Waals surface area contributed by atoms with E-state index in [0.29, 0.717) is 4.90 Å². The first kappa shape index (κ1) is 28.1. The molecule has 0 aliphatic rings. The van der Waals surface area contributed by atoms with Crippen LogP contribution in [0.4, 0.5) is 0 Å². The second-order valence-electron chi connectivity index (χ2n) is 6.44. The van der Waals surface area contributed by atoms with Crippen LogP contribution in [0.25, 0.3) is 0 Å². The third-order valence-electron chi connectivity index (χ3n) is 3.89. The van der Waals surface area contributed by atoms with Gasteiger partial charge < -0.3 is 14.2 Å². The van der Waals surface area contributed by atoms with Gasteiger partial charge in [0.25, 0.3) is 0 Å². The molecule has 0 saturated carbocycles. The summed E-state index contributed by atoms with van der Waals surface area (Å²) in [5.41, 5.74) is 0.152. The lowest BCUT2D eigenvalue weighted by Gasteiger charge is -2.18. The van der Waals surface area contributed by atoms with Gasteiger partial charge in [0.05, 0.1) is 16.3 Å². The normalized spacial score (nSPS) is 11.9. The first-order valence-corrected chi connectivity index (χ1v) is 10.6. The van der Waals surface area contributed by atoms with Crippen molar-refractivity contribution >= 4 is 29.7 Å². The van der Waals surface area contributed by atoms with Crippen LogP contribution in [-0.4, -0.2) is 74.8 Å². The minimum absolute atomic E-state index is 0.0102. The number of ether oxygens (including phenoxy) is 3. The number of nitrogens with zero attached hydrogens (tertiary/aromatic N) is 2. The summed E-state index contributed by atoms with van der Waals surface area (Å²) in [5, 5.41) is 33.6. The van der Waals surface area contributed by atoms with Gasteiger partial charge in [-0.05, 0) is 36.4 Å². The number of esters is 3. The molecule has 4 N–H and O–H groups in total. The molecular formula is C20H22N2O12S. The predicted molar refractivity (Wildman–Crippen MR) is 112 cm³/mol. The third kappa shape index (κ3) is 10.4. The van der Waals surface area contributed by atoms with Gasteiger partial charge in [-0.15, -0.1) is 11.8 Å². The fourth-order valence-corrected chi connectivity index (χ4v) is 3.31. The zero-order chi connectivity index (χ0) is 25.8. The second kappa shape index (κ2) is 14.3. The number of hydrogen-bond donors (Lipinski definition) is 4. The lowest BCUT2D eigenvalue weighted by atomic mass is 10.2. The number of rotatable bonds is 13. The van der Waals surface area contributed by atoms with Gasteiger partial charge in [0.1, 0.15) is 24.0 Å². The van der Waals surface area contributed by atoms with Gasteiger partial charge in [-0.25, -0.2) is 19.3 Å². The van der Waals surface area contributed by atoms with Crippen LogP contribution in [0.3, 0.4) is 0 Å². The summed E-state index contributed by atoms with van der Waals surface area (Å²) < 4.78 is 14.8. The van der Waals surface area contributed by atoms with Crippen LogP contribution in [0.1, 0.15) is 27.6 Å². The van der Waals surface area contributed by atoms with E-state index in [4.69, 9.17) is 35.0 Å². The molecule has 0 bridgehead atoms. The fraction of sp³-hybridized carbons (Fsp3) is 0.250. The first-order chi connectivity index (χ1) is 16.7. The SMILES string of the molecule is CC(=O)Oc1ccccc1C(=O)OCOC(=O)c1ccc(SCC(CON(O)O)ON(O)O)cc1. The number of para-hydroxylation sites is 1. The zero-order valence-corrected chi connectivity index (χ0v) is 19.0. The molecule has 2 aromatic carbocycles. The van der Waals surface area contributed by atoms with Crippen LogP contribution >= 0.6 is 11.8 Å². The van der Waals surface area contributed by atoms with Gasteiger partial charge in [-0.2, -0.15) is 0 Å². The molecular weight excluding hydrogens is 492 g/mol. The Hall–Kier alpha value is -3.12. The van der Waals surface area contributed by atoms with Crippen molar-refractivity contribution in [3.05, 3.63) is 59.7 Å². The molecule has 0 radical (unpaired) electrons. The van der Waals surface area contributed by atoms with Crippen LogP contribution in [0.15, 0.2) is 53.4 Å². The van der Waals surface area contributed by atoms with Gasteiger partial charge >= 0.3 is 17.9 Å². The average Bonchev–Trinajstić information content (AvgIpc) is 2.80. The Balaban J connectivity index is 1.84. The van der Waals surface area contributed by atoms with Crippen molar-refractivity contribution in [3.8, 4) is 5.75 Å². The Morgan fingerprint density at radius 3 is 2.20 bits per heavy atom. The molecule has 0 fully saturated rings. The van der Waals surface area contributed by atoms with E-state index in [1.165, 1.54) is 43.0 Å². The van der Waals surface area contributed by atoms with E-state index >= 15 is 0 Å². The highest BCUT2D eigenvalue weighted by Crippen LogP contribution is 2.22. The largest absolute Gasteiger partial charge is 0.426 e. The highest BCUT2D eigenvalue weighted by molar-refractivity contribution is 7.99. The molecule has 0 aliphatic heterocycles. The Kier molecular flexibility index (Phi) is 11.5. The van der Waals surface area contributed by atoms with Crippen molar-refractivity contribution in [2.75, 3.05) is 19.2 Å². The quantitative estimate of drug-likeness (QED) is 0.1000. The van der Waals surface area contributed by atoms with E-state index in [-0.39, 0.29) is 22.6 Å². The number of hydrogen-bond acceptors (Lipinski definition) is 15. The standard InChI is InChI=1S/C20H22N2O12S/c1-13(23)33-18-5-3-2-4-17(18)20(25)31-12-30-19(24)14-6-8-16(9-7-14)35-11-15(34-22(28)29)10-32-21(26)27/h2-9,15,26-29H,10-12H2,1H3. The molecule has 15 heteroatoms. The minimum atomic E-state index is -0.984. The van der Waals surface area contributed by atoms with Crippen LogP contribution in [0, 0.1) is 0 Å².